The lowest BCUT2D eigenvalue weighted by Crippen LogP contribution is -2.54. The van der Waals surface area contributed by atoms with Gasteiger partial charge in [-0.05, 0) is 61.4 Å². The lowest BCUT2D eigenvalue weighted by molar-refractivity contribution is -0.140. The number of methoxy groups -OCH3 is 1. The van der Waals surface area contributed by atoms with Crippen molar-refractivity contribution in [2.45, 2.75) is 43.8 Å². The van der Waals surface area contributed by atoms with Crippen LogP contribution in [0, 0.1) is 0 Å². The van der Waals surface area contributed by atoms with Gasteiger partial charge in [0.25, 0.3) is 10.0 Å². The Morgan fingerprint density at radius 2 is 1.49 bits per heavy atom. The number of rotatable bonds is 13. The number of anilines is 1. The zero-order valence-electron chi connectivity index (χ0n) is 25.2. The fourth-order valence-electron chi connectivity index (χ4n) is 4.84. The molecule has 0 aliphatic rings. The highest BCUT2D eigenvalue weighted by molar-refractivity contribution is 7.92. The fourth-order valence-corrected chi connectivity index (χ4v) is 6.64. The van der Waals surface area contributed by atoms with Crippen molar-refractivity contribution >= 4 is 50.7 Å². The van der Waals surface area contributed by atoms with Crippen LogP contribution < -0.4 is 14.4 Å². The Morgan fingerprint density at radius 3 is 2.11 bits per heavy atom. The molecule has 11 heteroatoms. The third-order valence-corrected chi connectivity index (χ3v) is 9.40. The Kier molecular flexibility index (Phi) is 11.5. The van der Waals surface area contributed by atoms with Gasteiger partial charge in [-0.25, -0.2) is 8.42 Å². The van der Waals surface area contributed by atoms with Gasteiger partial charge in [0.05, 0.1) is 17.7 Å². The summed E-state index contributed by atoms with van der Waals surface area (Å²) in [6.07, 6.45) is 0.182. The van der Waals surface area contributed by atoms with E-state index in [1.54, 1.807) is 48.5 Å². The average Bonchev–Trinajstić information content (AvgIpc) is 3.02. The quantitative estimate of drug-likeness (QED) is 0.179. The minimum atomic E-state index is -4.32. The minimum Gasteiger partial charge on any atom is -0.495 e. The van der Waals surface area contributed by atoms with E-state index in [4.69, 9.17) is 27.9 Å². The summed E-state index contributed by atoms with van der Waals surface area (Å²) in [6.45, 7) is 2.96. The number of amides is 2. The SMILES string of the molecule is COc1ccc(Cl)cc1N(CC(=O)N(Cc1ccccc1Cl)[C@@H](Cc1ccccc1)C(=O)NC(C)C)S(=O)(=O)c1ccccc1. The highest BCUT2D eigenvalue weighted by Crippen LogP contribution is 2.35. The summed E-state index contributed by atoms with van der Waals surface area (Å²) in [5.41, 5.74) is 1.50. The fraction of sp³-hybridized carbons (Fsp3) is 0.235. The molecule has 8 nitrogen and oxygen atoms in total. The number of hydrogen-bond acceptors (Lipinski definition) is 5. The van der Waals surface area contributed by atoms with Gasteiger partial charge < -0.3 is 15.0 Å². The van der Waals surface area contributed by atoms with Crippen LogP contribution >= 0.6 is 23.2 Å². The Morgan fingerprint density at radius 1 is 0.867 bits per heavy atom. The number of nitrogens with one attached hydrogen (secondary N) is 1. The number of sulfonamides is 1. The second-order valence-corrected chi connectivity index (χ2v) is 13.3. The number of nitrogens with zero attached hydrogens (tertiary/aromatic N) is 2. The van der Waals surface area contributed by atoms with Crippen molar-refractivity contribution in [2.75, 3.05) is 18.0 Å². The van der Waals surface area contributed by atoms with Crippen molar-refractivity contribution in [3.05, 3.63) is 124 Å². The third kappa shape index (κ3) is 8.57. The molecular weight excluding hydrogens is 633 g/mol. The molecule has 0 aliphatic carbocycles. The third-order valence-electron chi connectivity index (χ3n) is 7.02. The van der Waals surface area contributed by atoms with Crippen LogP contribution in [0.4, 0.5) is 5.69 Å². The first-order chi connectivity index (χ1) is 21.5. The standard InChI is InChI=1S/C34H35Cl2N3O5S/c1-24(2)37-34(41)31(20-25-12-6-4-7-13-25)38(22-26-14-10-11-17-29(26)36)33(40)23-39(30-21-27(35)18-19-32(30)44-3)45(42,43)28-15-8-5-9-16-28/h4-19,21,24,31H,20,22-23H2,1-3H3,(H,37,41)/t31-/m0/s1. The Bertz CT molecular complexity index is 1720. The zero-order valence-corrected chi connectivity index (χ0v) is 27.5. The number of ether oxygens (including phenoxy) is 1. The van der Waals surface area contributed by atoms with E-state index in [2.05, 4.69) is 5.32 Å². The molecule has 4 aromatic carbocycles. The van der Waals surface area contributed by atoms with E-state index >= 15 is 0 Å². The molecular formula is C34H35Cl2N3O5S. The summed E-state index contributed by atoms with van der Waals surface area (Å²) in [7, 11) is -2.92. The highest BCUT2D eigenvalue weighted by atomic mass is 35.5. The lowest BCUT2D eigenvalue weighted by atomic mass is 10.0. The van der Waals surface area contributed by atoms with Crippen LogP contribution in [0.25, 0.3) is 0 Å². The molecule has 0 aromatic heterocycles. The molecule has 1 atom stereocenters. The largest absolute Gasteiger partial charge is 0.495 e. The molecule has 0 unspecified atom stereocenters. The zero-order chi connectivity index (χ0) is 32.6. The van der Waals surface area contributed by atoms with Gasteiger partial charge >= 0.3 is 0 Å². The van der Waals surface area contributed by atoms with Crippen molar-refractivity contribution in [1.29, 1.82) is 0 Å². The number of carbonyl (C=O) groups excluding carboxylic acids is 2. The van der Waals surface area contributed by atoms with Crippen molar-refractivity contribution in [2.24, 2.45) is 0 Å². The van der Waals surface area contributed by atoms with Crippen molar-refractivity contribution < 1.29 is 22.7 Å². The van der Waals surface area contributed by atoms with Gasteiger partial charge in [-0.3, -0.25) is 13.9 Å². The molecule has 0 heterocycles. The molecule has 0 spiro atoms. The van der Waals surface area contributed by atoms with Gasteiger partial charge in [-0.1, -0.05) is 89.9 Å². The van der Waals surface area contributed by atoms with E-state index in [0.717, 1.165) is 9.87 Å². The second kappa shape index (κ2) is 15.3. The predicted octanol–water partition coefficient (Wildman–Crippen LogP) is 6.36. The molecule has 1 N–H and O–H groups in total. The van der Waals surface area contributed by atoms with Crippen LogP contribution in [-0.4, -0.2) is 50.9 Å². The predicted molar refractivity (Wildman–Crippen MR) is 178 cm³/mol. The first-order valence-electron chi connectivity index (χ1n) is 14.3. The van der Waals surface area contributed by atoms with Gasteiger partial charge in [0.1, 0.15) is 18.3 Å². The van der Waals surface area contributed by atoms with Crippen LogP contribution in [0.5, 0.6) is 5.75 Å². The summed E-state index contributed by atoms with van der Waals surface area (Å²) in [5.74, 6) is -0.814. The first kappa shape index (κ1) is 33.8. The number of hydrogen-bond donors (Lipinski definition) is 1. The van der Waals surface area contributed by atoms with Crippen LogP contribution in [0.1, 0.15) is 25.0 Å². The van der Waals surface area contributed by atoms with E-state index in [0.29, 0.717) is 10.6 Å². The van der Waals surface area contributed by atoms with Gasteiger partial charge in [-0.2, -0.15) is 0 Å². The van der Waals surface area contributed by atoms with Crippen molar-refractivity contribution in [3.63, 3.8) is 0 Å². The molecule has 236 valence electrons. The Balaban J connectivity index is 1.86. The van der Waals surface area contributed by atoms with E-state index in [1.165, 1.54) is 36.3 Å². The topological polar surface area (TPSA) is 96.0 Å². The second-order valence-electron chi connectivity index (χ2n) is 10.6. The van der Waals surface area contributed by atoms with Crippen molar-refractivity contribution in [3.8, 4) is 5.75 Å². The van der Waals surface area contributed by atoms with Gasteiger partial charge in [0.2, 0.25) is 11.8 Å². The molecule has 2 amide bonds. The molecule has 0 bridgehead atoms. The molecule has 0 saturated heterocycles. The molecule has 45 heavy (non-hydrogen) atoms. The summed E-state index contributed by atoms with van der Waals surface area (Å²) in [5, 5.41) is 3.58. The van der Waals surface area contributed by atoms with E-state index in [1.807, 2.05) is 44.2 Å². The van der Waals surface area contributed by atoms with Crippen LogP contribution in [0.3, 0.4) is 0 Å². The lowest BCUT2D eigenvalue weighted by Gasteiger charge is -2.34. The van der Waals surface area contributed by atoms with Gasteiger partial charge in [0, 0.05) is 29.1 Å². The maximum Gasteiger partial charge on any atom is 0.264 e. The molecule has 4 aromatic rings. The van der Waals surface area contributed by atoms with Gasteiger partial charge in [0.15, 0.2) is 0 Å². The highest BCUT2D eigenvalue weighted by Gasteiger charge is 2.36. The van der Waals surface area contributed by atoms with Crippen LogP contribution in [0.2, 0.25) is 10.0 Å². The molecule has 0 aliphatic heterocycles. The summed E-state index contributed by atoms with van der Waals surface area (Å²) < 4.78 is 34.8. The summed E-state index contributed by atoms with van der Waals surface area (Å²) in [6, 6.07) is 27.4. The minimum absolute atomic E-state index is 0.0316. The average molecular weight is 669 g/mol. The summed E-state index contributed by atoms with van der Waals surface area (Å²) in [4.78, 5) is 29.7. The Hall–Kier alpha value is -4.05. The smallest absolute Gasteiger partial charge is 0.264 e. The number of halogens is 2. The van der Waals surface area contributed by atoms with Crippen LogP contribution in [-0.2, 0) is 32.6 Å². The maximum atomic E-state index is 14.6. The van der Waals surface area contributed by atoms with Crippen LogP contribution in [0.15, 0.2) is 108 Å². The van der Waals surface area contributed by atoms with E-state index in [9.17, 15) is 18.0 Å². The normalized spacial score (nSPS) is 12.0. The number of benzene rings is 4. The molecule has 0 radical (unpaired) electrons. The van der Waals surface area contributed by atoms with E-state index < -0.39 is 28.5 Å². The van der Waals surface area contributed by atoms with Gasteiger partial charge in [-0.15, -0.1) is 0 Å². The summed E-state index contributed by atoms with van der Waals surface area (Å²) >= 11 is 12.9. The maximum absolute atomic E-state index is 14.6. The molecule has 0 saturated carbocycles. The Labute approximate surface area is 274 Å². The van der Waals surface area contributed by atoms with Crippen molar-refractivity contribution in [1.82, 2.24) is 10.2 Å². The van der Waals surface area contributed by atoms with E-state index in [-0.39, 0.29) is 46.3 Å². The first-order valence-corrected chi connectivity index (χ1v) is 16.5. The molecule has 4 rings (SSSR count). The monoisotopic (exact) mass is 667 g/mol. The number of carbonyl (C=O) groups is 2. The molecule has 0 fully saturated rings.